The van der Waals surface area contributed by atoms with Crippen molar-refractivity contribution in [1.82, 2.24) is 0 Å². The maximum absolute atomic E-state index is 12.0. The van der Waals surface area contributed by atoms with Crippen LogP contribution in [0.2, 0.25) is 0 Å². The molecule has 2 N–H and O–H groups in total. The van der Waals surface area contributed by atoms with Crippen molar-refractivity contribution >= 4 is 33.2 Å². The molecule has 21 heavy (non-hydrogen) atoms. The fourth-order valence-electron chi connectivity index (χ4n) is 1.83. The molecule has 0 bridgehead atoms. The van der Waals surface area contributed by atoms with Gasteiger partial charge in [-0.25, -0.2) is 0 Å². The maximum atomic E-state index is 12.0. The molecule has 0 unspecified atom stereocenters. The highest BCUT2D eigenvalue weighted by molar-refractivity contribution is 9.10. The Hall–Kier alpha value is -2.01. The van der Waals surface area contributed by atoms with Crippen LogP contribution in [0.4, 0.5) is 11.4 Å². The van der Waals surface area contributed by atoms with Gasteiger partial charge in [0.2, 0.25) is 5.91 Å². The van der Waals surface area contributed by atoms with E-state index in [9.17, 15) is 4.79 Å². The van der Waals surface area contributed by atoms with E-state index < -0.39 is 0 Å². The minimum atomic E-state index is -0.123. The molecule has 5 heteroatoms. The summed E-state index contributed by atoms with van der Waals surface area (Å²) in [7, 11) is 0. The number of rotatable bonds is 6. The molecule has 0 aliphatic heterocycles. The first-order valence-corrected chi connectivity index (χ1v) is 7.49. The van der Waals surface area contributed by atoms with E-state index in [1.54, 1.807) is 0 Å². The van der Waals surface area contributed by atoms with Gasteiger partial charge in [-0.1, -0.05) is 34.1 Å². The van der Waals surface area contributed by atoms with E-state index in [1.165, 1.54) is 0 Å². The number of hydrogen-bond donors (Lipinski definition) is 2. The molecule has 0 fully saturated rings. The average Bonchev–Trinajstić information content (AvgIpc) is 2.48. The Morgan fingerprint density at radius 2 is 2.00 bits per heavy atom. The number of amides is 1. The second-order valence-corrected chi connectivity index (χ2v) is 5.26. The molecule has 0 spiro atoms. The van der Waals surface area contributed by atoms with Crippen LogP contribution in [0.15, 0.2) is 53.0 Å². The lowest BCUT2D eigenvalue weighted by Gasteiger charge is -2.12. The van der Waals surface area contributed by atoms with Crippen LogP contribution in [-0.4, -0.2) is 19.1 Å². The van der Waals surface area contributed by atoms with Crippen molar-refractivity contribution in [3.8, 4) is 5.75 Å². The van der Waals surface area contributed by atoms with Crippen molar-refractivity contribution in [2.45, 2.75) is 6.92 Å². The third kappa shape index (κ3) is 4.79. The largest absolute Gasteiger partial charge is 0.492 e. The van der Waals surface area contributed by atoms with Crippen molar-refractivity contribution in [3.05, 3.63) is 53.0 Å². The van der Waals surface area contributed by atoms with Gasteiger partial charge in [0.1, 0.15) is 5.75 Å². The van der Waals surface area contributed by atoms with Crippen LogP contribution in [-0.2, 0) is 4.79 Å². The van der Waals surface area contributed by atoms with Gasteiger partial charge in [0.15, 0.2) is 0 Å². The van der Waals surface area contributed by atoms with E-state index in [4.69, 9.17) is 4.74 Å². The lowest BCUT2D eigenvalue weighted by molar-refractivity contribution is -0.114. The standard InChI is InChI=1S/C16H17BrN2O2/c1-2-21-15-9-4-3-8-14(15)19-16(20)11-18-13-7-5-6-12(17)10-13/h3-10,18H,2,11H2,1H3,(H,19,20). The number of nitrogens with one attached hydrogen (secondary N) is 2. The number of para-hydroxylation sites is 2. The number of halogens is 1. The van der Waals surface area contributed by atoms with Gasteiger partial charge in [-0.2, -0.15) is 0 Å². The summed E-state index contributed by atoms with van der Waals surface area (Å²) in [6, 6.07) is 15.1. The van der Waals surface area contributed by atoms with Gasteiger partial charge in [0.05, 0.1) is 18.8 Å². The van der Waals surface area contributed by atoms with Gasteiger partial charge in [-0.3, -0.25) is 4.79 Å². The third-order valence-electron chi connectivity index (χ3n) is 2.74. The molecule has 0 radical (unpaired) electrons. The molecule has 0 aromatic heterocycles. The van der Waals surface area contributed by atoms with E-state index in [2.05, 4.69) is 26.6 Å². The van der Waals surface area contributed by atoms with Gasteiger partial charge in [0.25, 0.3) is 0 Å². The number of anilines is 2. The van der Waals surface area contributed by atoms with Crippen molar-refractivity contribution in [2.75, 3.05) is 23.8 Å². The highest BCUT2D eigenvalue weighted by Crippen LogP contribution is 2.23. The summed E-state index contributed by atoms with van der Waals surface area (Å²) in [6.45, 7) is 2.66. The highest BCUT2D eigenvalue weighted by Gasteiger charge is 2.07. The Morgan fingerprint density at radius 3 is 2.76 bits per heavy atom. The number of carbonyl (C=O) groups is 1. The van der Waals surface area contributed by atoms with Gasteiger partial charge in [-0.05, 0) is 37.3 Å². The zero-order chi connectivity index (χ0) is 15.1. The maximum Gasteiger partial charge on any atom is 0.243 e. The van der Waals surface area contributed by atoms with Gasteiger partial charge >= 0.3 is 0 Å². The fourth-order valence-corrected chi connectivity index (χ4v) is 2.23. The van der Waals surface area contributed by atoms with Crippen LogP contribution in [0.25, 0.3) is 0 Å². The zero-order valence-corrected chi connectivity index (χ0v) is 13.3. The molecule has 110 valence electrons. The summed E-state index contributed by atoms with van der Waals surface area (Å²) in [4.78, 5) is 12.0. The highest BCUT2D eigenvalue weighted by atomic mass is 79.9. The Kier molecular flexibility index (Phi) is 5.63. The first-order valence-electron chi connectivity index (χ1n) is 6.70. The second-order valence-electron chi connectivity index (χ2n) is 4.34. The number of hydrogen-bond acceptors (Lipinski definition) is 3. The summed E-state index contributed by atoms with van der Waals surface area (Å²) in [5, 5.41) is 5.92. The van der Waals surface area contributed by atoms with E-state index in [1.807, 2.05) is 55.5 Å². The van der Waals surface area contributed by atoms with Crippen molar-refractivity contribution in [3.63, 3.8) is 0 Å². The van der Waals surface area contributed by atoms with Crippen LogP contribution in [0.1, 0.15) is 6.92 Å². The predicted octanol–water partition coefficient (Wildman–Crippen LogP) is 3.90. The minimum absolute atomic E-state index is 0.123. The normalized spacial score (nSPS) is 10.0. The molecule has 2 aromatic rings. The van der Waals surface area contributed by atoms with Crippen LogP contribution >= 0.6 is 15.9 Å². The zero-order valence-electron chi connectivity index (χ0n) is 11.7. The number of carbonyl (C=O) groups excluding carboxylic acids is 1. The van der Waals surface area contributed by atoms with Gasteiger partial charge in [0, 0.05) is 10.2 Å². The van der Waals surface area contributed by atoms with Crippen LogP contribution in [0.3, 0.4) is 0 Å². The first-order chi connectivity index (χ1) is 10.2. The first kappa shape index (κ1) is 15.4. The Morgan fingerprint density at radius 1 is 1.19 bits per heavy atom. The third-order valence-corrected chi connectivity index (χ3v) is 3.23. The predicted molar refractivity (Wildman–Crippen MR) is 88.9 cm³/mol. The van der Waals surface area contributed by atoms with Crippen LogP contribution in [0, 0.1) is 0 Å². The van der Waals surface area contributed by atoms with Crippen molar-refractivity contribution in [1.29, 1.82) is 0 Å². The summed E-state index contributed by atoms with van der Waals surface area (Å²) >= 11 is 3.39. The van der Waals surface area contributed by atoms with E-state index in [0.29, 0.717) is 18.0 Å². The number of ether oxygens (including phenoxy) is 1. The van der Waals surface area contributed by atoms with Gasteiger partial charge < -0.3 is 15.4 Å². The molecule has 2 rings (SSSR count). The molecule has 0 heterocycles. The molecular formula is C16H17BrN2O2. The van der Waals surface area contributed by atoms with Crippen LogP contribution < -0.4 is 15.4 Å². The second kappa shape index (κ2) is 7.69. The topological polar surface area (TPSA) is 50.4 Å². The Bertz CT molecular complexity index is 617. The molecule has 4 nitrogen and oxygen atoms in total. The summed E-state index contributed by atoms with van der Waals surface area (Å²) in [5.74, 6) is 0.554. The SMILES string of the molecule is CCOc1ccccc1NC(=O)CNc1cccc(Br)c1. The Balaban J connectivity index is 1.93. The Labute approximate surface area is 132 Å². The molecule has 0 saturated heterocycles. The van der Waals surface area contributed by atoms with E-state index in [-0.39, 0.29) is 12.5 Å². The average molecular weight is 349 g/mol. The molecule has 0 aliphatic rings. The van der Waals surface area contributed by atoms with Crippen LogP contribution in [0.5, 0.6) is 5.75 Å². The molecule has 1 amide bonds. The lowest BCUT2D eigenvalue weighted by atomic mass is 10.3. The molecular weight excluding hydrogens is 332 g/mol. The summed E-state index contributed by atoms with van der Waals surface area (Å²) < 4.78 is 6.44. The van der Waals surface area contributed by atoms with Gasteiger partial charge in [-0.15, -0.1) is 0 Å². The fraction of sp³-hybridized carbons (Fsp3) is 0.188. The summed E-state index contributed by atoms with van der Waals surface area (Å²) in [6.07, 6.45) is 0. The lowest BCUT2D eigenvalue weighted by Crippen LogP contribution is -2.22. The quantitative estimate of drug-likeness (QED) is 0.832. The smallest absolute Gasteiger partial charge is 0.243 e. The van der Waals surface area contributed by atoms with Crippen molar-refractivity contribution < 1.29 is 9.53 Å². The molecule has 0 atom stereocenters. The molecule has 0 saturated carbocycles. The van der Waals surface area contributed by atoms with E-state index >= 15 is 0 Å². The minimum Gasteiger partial charge on any atom is -0.492 e. The number of benzene rings is 2. The summed E-state index contributed by atoms with van der Waals surface area (Å²) in [5.41, 5.74) is 1.57. The van der Waals surface area contributed by atoms with E-state index in [0.717, 1.165) is 10.2 Å². The van der Waals surface area contributed by atoms with Crippen molar-refractivity contribution in [2.24, 2.45) is 0 Å². The monoisotopic (exact) mass is 348 g/mol. The molecule has 0 aliphatic carbocycles. The molecule has 2 aromatic carbocycles.